The van der Waals surface area contributed by atoms with Gasteiger partial charge in [-0.05, 0) is 51.3 Å². The summed E-state index contributed by atoms with van der Waals surface area (Å²) >= 11 is 0. The molecule has 5 heterocycles. The van der Waals surface area contributed by atoms with Crippen LogP contribution >= 0.6 is 0 Å². The smallest absolute Gasteiger partial charge is 0.339 e. The number of aryl methyl sites for hydroxylation is 1. The Balaban J connectivity index is 1.26. The van der Waals surface area contributed by atoms with Crippen LogP contribution in [0.1, 0.15) is 53.7 Å². The first-order chi connectivity index (χ1) is 19.6. The molecule has 206 valence electrons. The first kappa shape index (κ1) is 25.8. The molecule has 1 aliphatic heterocycles. The van der Waals surface area contributed by atoms with Crippen LogP contribution in [0.15, 0.2) is 47.0 Å². The Morgan fingerprint density at radius 3 is 2.77 bits per heavy atom. The van der Waals surface area contributed by atoms with E-state index < -0.39 is 5.97 Å². The highest BCUT2D eigenvalue weighted by Gasteiger charge is 2.21. The van der Waals surface area contributed by atoms with Crippen LogP contribution in [0.4, 0.5) is 0 Å². The van der Waals surface area contributed by atoms with Crippen molar-refractivity contribution in [1.29, 1.82) is 0 Å². The van der Waals surface area contributed by atoms with E-state index in [4.69, 9.17) is 28.6 Å². The summed E-state index contributed by atoms with van der Waals surface area (Å²) in [6.45, 7) is 4.91. The molecule has 1 atom stereocenters. The number of nitrogens with zero attached hydrogens (tertiary/aromatic N) is 6. The average Bonchev–Trinajstić information content (AvgIpc) is 3.62. The lowest BCUT2D eigenvalue weighted by Gasteiger charge is -2.21. The Labute approximate surface area is 229 Å². The molecule has 12 nitrogen and oxygen atoms in total. The number of rotatable bonds is 9. The molecule has 6 rings (SSSR count). The van der Waals surface area contributed by atoms with Crippen molar-refractivity contribution in [3.8, 4) is 17.4 Å². The molecule has 4 aromatic heterocycles. The minimum Gasteiger partial charge on any atom is -0.470 e. The molecule has 40 heavy (non-hydrogen) atoms. The molecule has 1 fully saturated rings. The summed E-state index contributed by atoms with van der Waals surface area (Å²) in [6.07, 6.45) is 2.76. The van der Waals surface area contributed by atoms with Crippen LogP contribution in [0.5, 0.6) is 5.88 Å². The second-order valence-corrected chi connectivity index (χ2v) is 9.34. The van der Waals surface area contributed by atoms with Crippen LogP contribution in [0, 0.1) is 6.92 Å². The summed E-state index contributed by atoms with van der Waals surface area (Å²) in [4.78, 5) is 16.6. The normalized spacial score (nSPS) is 15.5. The summed E-state index contributed by atoms with van der Waals surface area (Å²) < 4.78 is 29.7. The van der Waals surface area contributed by atoms with Crippen molar-refractivity contribution in [2.75, 3.05) is 13.2 Å². The van der Waals surface area contributed by atoms with Crippen LogP contribution in [-0.4, -0.2) is 55.4 Å². The molecule has 0 radical (unpaired) electrons. The summed E-state index contributed by atoms with van der Waals surface area (Å²) in [5, 5.41) is 19.2. The molecule has 0 bridgehead atoms. The predicted octanol–water partition coefficient (Wildman–Crippen LogP) is 4.43. The quantitative estimate of drug-likeness (QED) is 0.244. The SMILES string of the molecule is CCOC(=O)c1ccc(COc2nn3c(-c4cc(COC5CCCCO5)on4)nnc3c3ccccc23)nc1C. The van der Waals surface area contributed by atoms with Crippen molar-refractivity contribution in [3.63, 3.8) is 0 Å². The summed E-state index contributed by atoms with van der Waals surface area (Å²) in [5.41, 5.74) is 2.66. The third-order valence-electron chi connectivity index (χ3n) is 6.56. The van der Waals surface area contributed by atoms with Crippen molar-refractivity contribution in [3.05, 3.63) is 65.2 Å². The van der Waals surface area contributed by atoms with Gasteiger partial charge in [0.25, 0.3) is 0 Å². The van der Waals surface area contributed by atoms with Crippen molar-refractivity contribution in [1.82, 2.24) is 30.0 Å². The van der Waals surface area contributed by atoms with E-state index in [9.17, 15) is 4.79 Å². The molecule has 0 amide bonds. The topological polar surface area (TPSA) is 136 Å². The van der Waals surface area contributed by atoms with Crippen molar-refractivity contribution >= 4 is 22.4 Å². The van der Waals surface area contributed by atoms with Gasteiger partial charge >= 0.3 is 5.97 Å². The largest absolute Gasteiger partial charge is 0.470 e. The third-order valence-corrected chi connectivity index (χ3v) is 6.56. The van der Waals surface area contributed by atoms with Gasteiger partial charge in [0, 0.05) is 23.4 Å². The summed E-state index contributed by atoms with van der Waals surface area (Å²) in [6, 6.07) is 12.8. The van der Waals surface area contributed by atoms with Gasteiger partial charge < -0.3 is 23.5 Å². The van der Waals surface area contributed by atoms with Crippen LogP contribution in [0.25, 0.3) is 27.9 Å². The number of carbonyl (C=O) groups excluding carboxylic acids is 1. The average molecular weight is 545 g/mol. The van der Waals surface area contributed by atoms with Crippen molar-refractivity contribution in [2.45, 2.75) is 52.6 Å². The second kappa shape index (κ2) is 11.4. The standard InChI is InChI=1S/C28H28N6O6/c1-3-36-28(35)20-12-11-18(29-17(20)2)15-39-27-22-9-5-4-8-21(22)25-30-31-26(34(25)32-27)23-14-19(40-33-23)16-38-24-10-6-7-13-37-24/h4-5,8-9,11-12,14,24H,3,6-7,10,13,15-16H2,1-2H3. The molecule has 0 spiro atoms. The van der Waals surface area contributed by atoms with E-state index in [1.165, 1.54) is 0 Å². The highest BCUT2D eigenvalue weighted by molar-refractivity contribution is 5.97. The molecule has 0 N–H and O–H groups in total. The molecule has 0 saturated carbocycles. The molecule has 5 aromatic rings. The summed E-state index contributed by atoms with van der Waals surface area (Å²) in [5.74, 6) is 0.927. The lowest BCUT2D eigenvalue weighted by atomic mass is 10.2. The third kappa shape index (κ3) is 5.23. The fraction of sp³-hybridized carbons (Fsp3) is 0.357. The van der Waals surface area contributed by atoms with E-state index in [-0.39, 0.29) is 19.5 Å². The number of hydrogen-bond acceptors (Lipinski definition) is 11. The van der Waals surface area contributed by atoms with Gasteiger partial charge in [0.05, 0.1) is 23.6 Å². The maximum atomic E-state index is 12.1. The fourth-order valence-electron chi connectivity index (χ4n) is 4.58. The molecule has 1 aliphatic rings. The zero-order valence-corrected chi connectivity index (χ0v) is 22.2. The van der Waals surface area contributed by atoms with E-state index in [1.54, 1.807) is 36.6 Å². The first-order valence-electron chi connectivity index (χ1n) is 13.2. The van der Waals surface area contributed by atoms with E-state index >= 15 is 0 Å². The van der Waals surface area contributed by atoms with Crippen LogP contribution in [-0.2, 0) is 27.4 Å². The first-order valence-corrected chi connectivity index (χ1v) is 13.2. The van der Waals surface area contributed by atoms with Gasteiger partial charge in [-0.15, -0.1) is 15.3 Å². The number of aromatic nitrogens is 6. The number of fused-ring (bicyclic) bond motifs is 3. The molecule has 1 saturated heterocycles. The molecule has 1 aromatic carbocycles. The van der Waals surface area contributed by atoms with E-state index in [0.717, 1.165) is 30.0 Å². The van der Waals surface area contributed by atoms with Crippen LogP contribution < -0.4 is 4.74 Å². The van der Waals surface area contributed by atoms with Gasteiger partial charge in [-0.25, -0.2) is 4.79 Å². The Kier molecular flexibility index (Phi) is 7.34. The lowest BCUT2D eigenvalue weighted by Crippen LogP contribution is -2.21. The van der Waals surface area contributed by atoms with E-state index in [2.05, 4.69) is 20.3 Å². The second-order valence-electron chi connectivity index (χ2n) is 9.34. The van der Waals surface area contributed by atoms with Gasteiger partial charge in [0.15, 0.2) is 23.4 Å². The maximum Gasteiger partial charge on any atom is 0.339 e. The summed E-state index contributed by atoms with van der Waals surface area (Å²) in [7, 11) is 0. The van der Waals surface area contributed by atoms with E-state index in [0.29, 0.717) is 59.0 Å². The van der Waals surface area contributed by atoms with Gasteiger partial charge in [-0.2, -0.15) is 4.52 Å². The number of esters is 1. The highest BCUT2D eigenvalue weighted by atomic mass is 16.7. The van der Waals surface area contributed by atoms with Gasteiger partial charge in [-0.3, -0.25) is 4.98 Å². The predicted molar refractivity (Wildman–Crippen MR) is 141 cm³/mol. The Morgan fingerprint density at radius 2 is 1.98 bits per heavy atom. The maximum absolute atomic E-state index is 12.1. The highest BCUT2D eigenvalue weighted by Crippen LogP contribution is 2.29. The number of pyridine rings is 1. The lowest BCUT2D eigenvalue weighted by molar-refractivity contribution is -0.171. The zero-order valence-electron chi connectivity index (χ0n) is 22.2. The minimum atomic E-state index is -0.400. The zero-order chi connectivity index (χ0) is 27.5. The van der Waals surface area contributed by atoms with Crippen molar-refractivity contribution < 1.29 is 28.3 Å². The van der Waals surface area contributed by atoms with Gasteiger partial charge in [-0.1, -0.05) is 23.4 Å². The minimum absolute atomic E-state index is 0.137. The Hall–Kier alpha value is -4.42. The van der Waals surface area contributed by atoms with Crippen molar-refractivity contribution in [2.24, 2.45) is 0 Å². The molecular weight excluding hydrogens is 516 g/mol. The van der Waals surface area contributed by atoms with Crippen LogP contribution in [0.2, 0.25) is 0 Å². The Morgan fingerprint density at radius 1 is 1.10 bits per heavy atom. The molecule has 12 heteroatoms. The molecule has 0 aliphatic carbocycles. The van der Waals surface area contributed by atoms with Gasteiger partial charge in [0.2, 0.25) is 11.7 Å². The van der Waals surface area contributed by atoms with Gasteiger partial charge in [0.1, 0.15) is 13.2 Å². The molecule has 1 unspecified atom stereocenters. The fourth-order valence-corrected chi connectivity index (χ4v) is 4.58. The molecular formula is C28H28N6O6. The van der Waals surface area contributed by atoms with Crippen LogP contribution in [0.3, 0.4) is 0 Å². The monoisotopic (exact) mass is 544 g/mol. The Bertz CT molecular complexity index is 1660. The number of benzene rings is 1. The number of ether oxygens (including phenoxy) is 4. The number of hydrogen-bond donors (Lipinski definition) is 0. The van der Waals surface area contributed by atoms with E-state index in [1.807, 2.05) is 24.3 Å². The number of carbonyl (C=O) groups is 1.